The van der Waals surface area contributed by atoms with Crippen molar-refractivity contribution in [2.75, 3.05) is 18.4 Å². The largest absolute Gasteiger partial charge is 0.350 e. The summed E-state index contributed by atoms with van der Waals surface area (Å²) in [6.07, 6.45) is -1.33. The predicted octanol–water partition coefficient (Wildman–Crippen LogP) is 1.87. The molecule has 1 aromatic rings. The number of nitrogens with zero attached hydrogens (tertiary/aromatic N) is 2. The second-order valence-electron chi connectivity index (χ2n) is 7.07. The minimum atomic E-state index is -4.41. The summed E-state index contributed by atoms with van der Waals surface area (Å²) >= 11 is 11.8. The third-order valence-corrected chi connectivity index (χ3v) is 7.38. The highest BCUT2D eigenvalue weighted by Crippen LogP contribution is 2.38. The first kappa shape index (κ1) is 22.6. The monoisotopic (exact) mass is 477 g/mol. The summed E-state index contributed by atoms with van der Waals surface area (Å²) in [6, 6.07) is 1.94. The van der Waals surface area contributed by atoms with Crippen molar-refractivity contribution >= 4 is 50.9 Å². The summed E-state index contributed by atoms with van der Waals surface area (Å²) in [6.45, 7) is 1.01. The molecule has 3 rings (SSSR count). The van der Waals surface area contributed by atoms with Crippen LogP contribution >= 0.6 is 23.2 Å². The number of hydrogen-bond acceptors (Lipinski definition) is 6. The summed E-state index contributed by atoms with van der Waals surface area (Å²) in [4.78, 5) is 24.4. The molecule has 0 bridgehead atoms. The fourth-order valence-electron chi connectivity index (χ4n) is 3.49. The molecule has 1 aromatic carbocycles. The minimum absolute atomic E-state index is 0.0368. The summed E-state index contributed by atoms with van der Waals surface area (Å²) in [7, 11) is -4.41. The zero-order valence-electron chi connectivity index (χ0n) is 15.7. The van der Waals surface area contributed by atoms with Crippen LogP contribution < -0.4 is 16.0 Å². The Bertz CT molecular complexity index is 1030. The van der Waals surface area contributed by atoms with E-state index in [0.29, 0.717) is 4.31 Å². The molecule has 1 saturated heterocycles. The van der Waals surface area contributed by atoms with Crippen LogP contribution in [0.5, 0.6) is 0 Å². The zero-order valence-corrected chi connectivity index (χ0v) is 18.0. The third-order valence-electron chi connectivity index (χ3n) is 4.92. The van der Waals surface area contributed by atoms with Crippen molar-refractivity contribution in [3.8, 4) is 6.07 Å². The molecule has 0 saturated carbocycles. The lowest BCUT2D eigenvalue weighted by molar-refractivity contribution is -0.121. The van der Waals surface area contributed by atoms with Crippen LogP contribution in [0.3, 0.4) is 0 Å². The maximum Gasteiger partial charge on any atom is 0.336 e. The van der Waals surface area contributed by atoms with Crippen LogP contribution in [0, 0.1) is 17.2 Å². The van der Waals surface area contributed by atoms with Crippen LogP contribution in [0.25, 0.3) is 0 Å². The molecule has 9 nitrogen and oxygen atoms in total. The normalized spacial score (nSPS) is 26.2. The SMILES string of the molecule is C[C@H](NC(=O)CN1C(=O)Nc2cc(Cl)cc(Cl)c2S1(=O)=O)C1NCC(C#N)CC1F. The number of halogens is 3. The van der Waals surface area contributed by atoms with Crippen LogP contribution in [-0.4, -0.2) is 56.0 Å². The first-order valence-electron chi connectivity index (χ1n) is 8.93. The standard InChI is InChI=1S/C17H18Cl2FN5O4S/c1-8(15-12(20)2-9(5-21)6-22-15)23-14(26)7-25-17(27)24-13-4-10(18)3-11(19)16(13)30(25,28)29/h3-4,8-9,12,15,22H,2,6-7H2,1H3,(H,23,26)(H,24,27)/t8-,9?,12?,15?/m0/s1. The molecule has 2 aliphatic heterocycles. The molecule has 0 spiro atoms. The van der Waals surface area contributed by atoms with Gasteiger partial charge < -0.3 is 16.0 Å². The number of amides is 3. The van der Waals surface area contributed by atoms with Gasteiger partial charge in [0.05, 0.1) is 28.7 Å². The number of alkyl halides is 1. The maximum atomic E-state index is 14.3. The zero-order chi connectivity index (χ0) is 22.2. The predicted molar refractivity (Wildman–Crippen MR) is 107 cm³/mol. The molecule has 0 aliphatic carbocycles. The Morgan fingerprint density at radius 3 is 2.80 bits per heavy atom. The lowest BCUT2D eigenvalue weighted by Gasteiger charge is -2.35. The number of hydrogen-bond donors (Lipinski definition) is 3. The number of anilines is 1. The van der Waals surface area contributed by atoms with Gasteiger partial charge in [-0.15, -0.1) is 0 Å². The average molecular weight is 478 g/mol. The van der Waals surface area contributed by atoms with E-state index < -0.39 is 52.7 Å². The Balaban J connectivity index is 1.72. The van der Waals surface area contributed by atoms with Gasteiger partial charge in [0.15, 0.2) is 0 Å². The number of benzene rings is 1. The second-order valence-corrected chi connectivity index (χ2v) is 9.72. The Hall–Kier alpha value is -2.13. The topological polar surface area (TPSA) is 131 Å². The number of carbonyl (C=O) groups excluding carboxylic acids is 2. The van der Waals surface area contributed by atoms with E-state index in [-0.39, 0.29) is 33.6 Å². The summed E-state index contributed by atoms with van der Waals surface area (Å²) in [5.41, 5.74) is -0.0822. The van der Waals surface area contributed by atoms with E-state index >= 15 is 0 Å². The van der Waals surface area contributed by atoms with Crippen molar-refractivity contribution in [1.82, 2.24) is 14.9 Å². The molecule has 162 valence electrons. The highest BCUT2D eigenvalue weighted by molar-refractivity contribution is 7.90. The number of fused-ring (bicyclic) bond motifs is 1. The average Bonchev–Trinajstić information content (AvgIpc) is 2.63. The van der Waals surface area contributed by atoms with E-state index in [1.165, 1.54) is 12.1 Å². The third kappa shape index (κ3) is 4.32. The van der Waals surface area contributed by atoms with Gasteiger partial charge in [-0.1, -0.05) is 23.2 Å². The first-order valence-corrected chi connectivity index (χ1v) is 11.1. The van der Waals surface area contributed by atoms with Gasteiger partial charge in [0.2, 0.25) is 5.91 Å². The maximum absolute atomic E-state index is 14.3. The Labute approximate surface area is 182 Å². The van der Waals surface area contributed by atoms with E-state index in [1.807, 2.05) is 6.07 Å². The van der Waals surface area contributed by atoms with E-state index in [1.54, 1.807) is 6.92 Å². The summed E-state index contributed by atoms with van der Waals surface area (Å²) in [5.74, 6) is -1.26. The van der Waals surface area contributed by atoms with Gasteiger partial charge in [0.1, 0.15) is 17.6 Å². The first-order chi connectivity index (χ1) is 14.0. The molecule has 2 aliphatic rings. The Morgan fingerprint density at radius 1 is 1.47 bits per heavy atom. The van der Waals surface area contributed by atoms with Gasteiger partial charge in [-0.3, -0.25) is 4.79 Å². The van der Waals surface area contributed by atoms with Crippen molar-refractivity contribution in [3.05, 3.63) is 22.2 Å². The molecular formula is C17H18Cl2FN5O4S. The molecule has 13 heteroatoms. The van der Waals surface area contributed by atoms with E-state index in [2.05, 4.69) is 16.0 Å². The summed E-state index contributed by atoms with van der Waals surface area (Å²) < 4.78 is 40.4. The molecule has 3 amide bonds. The smallest absolute Gasteiger partial charge is 0.336 e. The number of carbonyl (C=O) groups is 2. The number of nitrogens with one attached hydrogen (secondary N) is 3. The van der Waals surface area contributed by atoms with Crippen LogP contribution in [-0.2, 0) is 14.8 Å². The van der Waals surface area contributed by atoms with E-state index in [4.69, 9.17) is 28.5 Å². The molecule has 2 heterocycles. The highest BCUT2D eigenvalue weighted by atomic mass is 35.5. The quantitative estimate of drug-likeness (QED) is 0.606. The molecule has 3 unspecified atom stereocenters. The van der Waals surface area contributed by atoms with Crippen molar-refractivity contribution in [2.45, 2.75) is 36.5 Å². The van der Waals surface area contributed by atoms with Crippen LogP contribution in [0.4, 0.5) is 14.9 Å². The number of piperidine rings is 1. The molecule has 0 radical (unpaired) electrons. The summed E-state index contributed by atoms with van der Waals surface area (Å²) in [5, 5.41) is 16.6. The lowest BCUT2D eigenvalue weighted by Crippen LogP contribution is -2.58. The van der Waals surface area contributed by atoms with Crippen LogP contribution in [0.1, 0.15) is 13.3 Å². The molecule has 3 N–H and O–H groups in total. The molecule has 0 aromatic heterocycles. The molecule has 1 fully saturated rings. The number of urea groups is 1. The van der Waals surface area contributed by atoms with Crippen molar-refractivity contribution < 1.29 is 22.4 Å². The van der Waals surface area contributed by atoms with Crippen molar-refractivity contribution in [3.63, 3.8) is 0 Å². The van der Waals surface area contributed by atoms with Gasteiger partial charge >= 0.3 is 6.03 Å². The van der Waals surface area contributed by atoms with Crippen molar-refractivity contribution in [1.29, 1.82) is 5.26 Å². The van der Waals surface area contributed by atoms with Crippen molar-refractivity contribution in [2.24, 2.45) is 5.92 Å². The minimum Gasteiger partial charge on any atom is -0.350 e. The van der Waals surface area contributed by atoms with Crippen LogP contribution in [0.15, 0.2) is 17.0 Å². The molecule has 30 heavy (non-hydrogen) atoms. The number of rotatable bonds is 4. The second kappa shape index (κ2) is 8.55. The van der Waals surface area contributed by atoms with Gasteiger partial charge in [-0.25, -0.2) is 21.9 Å². The van der Waals surface area contributed by atoms with E-state index in [9.17, 15) is 22.4 Å². The molecular weight excluding hydrogens is 460 g/mol. The highest BCUT2D eigenvalue weighted by Gasteiger charge is 2.40. The lowest BCUT2D eigenvalue weighted by atomic mass is 9.90. The van der Waals surface area contributed by atoms with Gasteiger partial charge in [-0.2, -0.15) is 5.26 Å². The fourth-order valence-corrected chi connectivity index (χ4v) is 5.74. The number of sulfonamides is 1. The van der Waals surface area contributed by atoms with E-state index in [0.717, 1.165) is 0 Å². The molecule has 4 atom stereocenters. The Morgan fingerprint density at radius 2 is 2.17 bits per heavy atom. The van der Waals surface area contributed by atoms with Gasteiger partial charge in [-0.05, 0) is 25.5 Å². The van der Waals surface area contributed by atoms with Crippen LogP contribution in [0.2, 0.25) is 10.0 Å². The van der Waals surface area contributed by atoms with Gasteiger partial charge in [0.25, 0.3) is 10.0 Å². The van der Waals surface area contributed by atoms with Gasteiger partial charge in [0, 0.05) is 17.6 Å². The fraction of sp³-hybridized carbons (Fsp3) is 0.471. The Kier molecular flexibility index (Phi) is 6.43. The number of nitriles is 1.